The van der Waals surface area contributed by atoms with E-state index in [1.807, 2.05) is 0 Å². The number of rotatable bonds is 6. The predicted octanol–water partition coefficient (Wildman–Crippen LogP) is 1.16. The van der Waals surface area contributed by atoms with E-state index in [0.29, 0.717) is 12.8 Å². The number of benzene rings is 1. The summed E-state index contributed by atoms with van der Waals surface area (Å²) >= 11 is 0. The highest BCUT2D eigenvalue weighted by Crippen LogP contribution is 2.26. The standard InChI is InChI=1S/C16H21FN2O5S/c1-18(9-8-15(20)21)16(22)12-6-10-19(11-7-12)25(23,24)14-5-3-2-4-13(14)17/h2-5,12H,6-11H2,1H3,(H,20,21). The van der Waals surface area contributed by atoms with Gasteiger partial charge in [0.2, 0.25) is 15.9 Å². The summed E-state index contributed by atoms with van der Waals surface area (Å²) in [6.45, 7) is 0.363. The average Bonchev–Trinajstić information content (AvgIpc) is 2.59. The predicted molar refractivity (Wildman–Crippen MR) is 87.8 cm³/mol. The number of hydrogen-bond acceptors (Lipinski definition) is 4. The lowest BCUT2D eigenvalue weighted by molar-refractivity contribution is -0.139. The van der Waals surface area contributed by atoms with Gasteiger partial charge in [-0.25, -0.2) is 12.8 Å². The van der Waals surface area contributed by atoms with Gasteiger partial charge >= 0.3 is 5.97 Å². The van der Waals surface area contributed by atoms with E-state index in [4.69, 9.17) is 5.11 Å². The maximum absolute atomic E-state index is 13.8. The van der Waals surface area contributed by atoms with Crippen LogP contribution < -0.4 is 0 Å². The number of carboxylic acid groups (broad SMARTS) is 1. The largest absolute Gasteiger partial charge is 0.481 e. The number of carboxylic acids is 1. The lowest BCUT2D eigenvalue weighted by Gasteiger charge is -2.32. The minimum atomic E-state index is -3.93. The molecule has 1 aliphatic rings. The second-order valence-corrected chi connectivity index (χ2v) is 7.92. The quantitative estimate of drug-likeness (QED) is 0.809. The van der Waals surface area contributed by atoms with E-state index in [-0.39, 0.29) is 42.8 Å². The van der Waals surface area contributed by atoms with Crippen molar-refractivity contribution in [2.24, 2.45) is 5.92 Å². The molecular formula is C16H21FN2O5S. The number of piperidine rings is 1. The van der Waals surface area contributed by atoms with E-state index in [9.17, 15) is 22.4 Å². The molecule has 0 spiro atoms. The van der Waals surface area contributed by atoms with E-state index in [1.54, 1.807) is 0 Å². The molecule has 0 unspecified atom stereocenters. The summed E-state index contributed by atoms with van der Waals surface area (Å²) in [6, 6.07) is 5.21. The molecule has 0 saturated carbocycles. The summed E-state index contributed by atoms with van der Waals surface area (Å²) in [5.41, 5.74) is 0. The zero-order valence-electron chi connectivity index (χ0n) is 13.9. The number of halogens is 1. The minimum Gasteiger partial charge on any atom is -0.481 e. The molecule has 0 aliphatic carbocycles. The first kappa shape index (κ1) is 19.3. The van der Waals surface area contributed by atoms with Gasteiger partial charge in [-0.1, -0.05) is 12.1 Å². The summed E-state index contributed by atoms with van der Waals surface area (Å²) in [4.78, 5) is 23.9. The van der Waals surface area contributed by atoms with Crippen molar-refractivity contribution in [1.29, 1.82) is 0 Å². The molecule has 1 aromatic carbocycles. The molecule has 1 fully saturated rings. The maximum Gasteiger partial charge on any atom is 0.305 e. The van der Waals surface area contributed by atoms with Crippen LogP contribution in [-0.2, 0) is 19.6 Å². The van der Waals surface area contributed by atoms with Gasteiger partial charge in [0.05, 0.1) is 6.42 Å². The van der Waals surface area contributed by atoms with Crippen molar-refractivity contribution in [3.63, 3.8) is 0 Å². The zero-order valence-corrected chi connectivity index (χ0v) is 14.7. The van der Waals surface area contributed by atoms with Gasteiger partial charge in [-0.05, 0) is 25.0 Å². The van der Waals surface area contributed by atoms with Crippen LogP contribution in [0.3, 0.4) is 0 Å². The summed E-state index contributed by atoms with van der Waals surface area (Å²) in [5.74, 6) is -2.32. The van der Waals surface area contributed by atoms with Crippen molar-refractivity contribution >= 4 is 21.9 Å². The maximum atomic E-state index is 13.8. The van der Waals surface area contributed by atoms with Gasteiger partial charge in [-0.3, -0.25) is 9.59 Å². The van der Waals surface area contributed by atoms with Crippen LogP contribution in [0, 0.1) is 11.7 Å². The fraction of sp³-hybridized carbons (Fsp3) is 0.500. The summed E-state index contributed by atoms with van der Waals surface area (Å²) in [6.07, 6.45) is 0.511. The summed E-state index contributed by atoms with van der Waals surface area (Å²) in [7, 11) is -2.39. The second-order valence-electron chi connectivity index (χ2n) is 6.01. The molecule has 25 heavy (non-hydrogen) atoms. The Labute approximate surface area is 146 Å². The van der Waals surface area contributed by atoms with Crippen LogP contribution in [0.1, 0.15) is 19.3 Å². The normalized spacial score (nSPS) is 16.6. The molecule has 9 heteroatoms. The molecule has 138 valence electrons. The average molecular weight is 372 g/mol. The zero-order chi connectivity index (χ0) is 18.6. The third kappa shape index (κ3) is 4.55. The molecule has 1 saturated heterocycles. The monoisotopic (exact) mass is 372 g/mol. The van der Waals surface area contributed by atoms with Crippen molar-refractivity contribution in [1.82, 2.24) is 9.21 Å². The Morgan fingerprint density at radius 3 is 2.44 bits per heavy atom. The summed E-state index contributed by atoms with van der Waals surface area (Å²) < 4.78 is 40.0. The van der Waals surface area contributed by atoms with E-state index >= 15 is 0 Å². The highest BCUT2D eigenvalue weighted by atomic mass is 32.2. The van der Waals surface area contributed by atoms with Gasteiger partial charge in [0.25, 0.3) is 0 Å². The van der Waals surface area contributed by atoms with Crippen LogP contribution in [0.4, 0.5) is 4.39 Å². The first-order valence-corrected chi connectivity index (χ1v) is 9.39. The Morgan fingerprint density at radius 1 is 1.28 bits per heavy atom. The second kappa shape index (κ2) is 7.92. The molecule has 1 amide bonds. The van der Waals surface area contributed by atoms with Gasteiger partial charge in [-0.2, -0.15) is 4.31 Å². The fourth-order valence-corrected chi connectivity index (χ4v) is 4.36. The highest BCUT2D eigenvalue weighted by Gasteiger charge is 2.34. The number of amides is 1. The Kier molecular flexibility index (Phi) is 6.12. The number of hydrogen-bond donors (Lipinski definition) is 1. The van der Waals surface area contributed by atoms with E-state index in [1.165, 1.54) is 34.5 Å². The van der Waals surface area contributed by atoms with Crippen LogP contribution in [0.25, 0.3) is 0 Å². The number of nitrogens with zero attached hydrogens (tertiary/aromatic N) is 2. The van der Waals surface area contributed by atoms with Crippen molar-refractivity contribution < 1.29 is 27.5 Å². The molecule has 0 radical (unpaired) electrons. The molecule has 7 nitrogen and oxygen atoms in total. The molecule has 1 N–H and O–H groups in total. The Balaban J connectivity index is 1.98. The van der Waals surface area contributed by atoms with Crippen LogP contribution >= 0.6 is 0 Å². The number of carbonyl (C=O) groups is 2. The first-order valence-electron chi connectivity index (χ1n) is 7.95. The van der Waals surface area contributed by atoms with Gasteiger partial charge in [0, 0.05) is 32.6 Å². The third-order valence-corrected chi connectivity index (χ3v) is 6.23. The lowest BCUT2D eigenvalue weighted by Crippen LogP contribution is -2.43. The summed E-state index contributed by atoms with van der Waals surface area (Å²) in [5, 5.41) is 8.67. The molecule has 1 heterocycles. The van der Waals surface area contributed by atoms with E-state index < -0.39 is 21.8 Å². The van der Waals surface area contributed by atoms with Gasteiger partial charge in [-0.15, -0.1) is 0 Å². The molecule has 1 aromatic rings. The molecule has 0 bridgehead atoms. The Bertz CT molecular complexity index is 745. The SMILES string of the molecule is CN(CCC(=O)O)C(=O)C1CCN(S(=O)(=O)c2ccccc2F)CC1. The highest BCUT2D eigenvalue weighted by molar-refractivity contribution is 7.89. The Morgan fingerprint density at radius 2 is 1.88 bits per heavy atom. The van der Waals surface area contributed by atoms with Crippen molar-refractivity contribution in [2.45, 2.75) is 24.2 Å². The Hall–Kier alpha value is -2.00. The first-order chi connectivity index (χ1) is 11.7. The number of aliphatic carboxylic acids is 1. The van der Waals surface area contributed by atoms with E-state index in [0.717, 1.165) is 6.07 Å². The number of carbonyl (C=O) groups excluding carboxylic acids is 1. The van der Waals surface area contributed by atoms with Crippen molar-refractivity contribution in [3.8, 4) is 0 Å². The molecule has 1 aliphatic heterocycles. The lowest BCUT2D eigenvalue weighted by atomic mass is 9.96. The van der Waals surface area contributed by atoms with Crippen molar-refractivity contribution in [3.05, 3.63) is 30.1 Å². The molecule has 0 atom stereocenters. The van der Waals surface area contributed by atoms with Gasteiger partial charge < -0.3 is 10.0 Å². The van der Waals surface area contributed by atoms with Crippen LogP contribution in [0.2, 0.25) is 0 Å². The topological polar surface area (TPSA) is 95.0 Å². The van der Waals surface area contributed by atoms with E-state index in [2.05, 4.69) is 0 Å². The number of sulfonamides is 1. The van der Waals surface area contributed by atoms with Gasteiger partial charge in [0.15, 0.2) is 0 Å². The van der Waals surface area contributed by atoms with Crippen LogP contribution in [0.5, 0.6) is 0 Å². The third-order valence-electron chi connectivity index (χ3n) is 4.29. The smallest absolute Gasteiger partial charge is 0.305 e. The molecule has 2 rings (SSSR count). The van der Waals surface area contributed by atoms with Crippen molar-refractivity contribution in [2.75, 3.05) is 26.7 Å². The molecule has 0 aromatic heterocycles. The fourth-order valence-electron chi connectivity index (χ4n) is 2.82. The minimum absolute atomic E-state index is 0.113. The van der Waals surface area contributed by atoms with Crippen LogP contribution in [0.15, 0.2) is 29.2 Å². The molecular weight excluding hydrogens is 351 g/mol. The van der Waals surface area contributed by atoms with Gasteiger partial charge in [0.1, 0.15) is 10.7 Å². The van der Waals surface area contributed by atoms with Crippen LogP contribution in [-0.4, -0.2) is 61.3 Å².